The Morgan fingerprint density at radius 1 is 1.27 bits per heavy atom. The molecular weight excluding hydrogens is 272 g/mol. The fourth-order valence-corrected chi connectivity index (χ4v) is 4.07. The molecule has 0 saturated carbocycles. The first kappa shape index (κ1) is 13.7. The molecule has 0 amide bonds. The number of pyridine rings is 2. The number of anilines is 1. The SMILES string of the molecule is CNc1nc(C)c(C)c2c1CNC2C1Cc2cccnc2C1. The van der Waals surface area contributed by atoms with E-state index >= 15 is 0 Å². The molecule has 2 unspecified atom stereocenters. The molecule has 22 heavy (non-hydrogen) atoms. The zero-order valence-electron chi connectivity index (χ0n) is 13.4. The number of hydrogen-bond donors (Lipinski definition) is 2. The molecule has 4 nitrogen and oxygen atoms in total. The fourth-order valence-electron chi connectivity index (χ4n) is 4.07. The standard InChI is InChI=1S/C18H22N4/c1-10-11(2)22-18(19-3)14-9-21-17(16(10)14)13-7-12-5-4-6-20-15(12)8-13/h4-6,13,17,21H,7-9H2,1-3H3,(H,19,22). The highest BCUT2D eigenvalue weighted by molar-refractivity contribution is 5.56. The molecule has 1 aliphatic carbocycles. The first-order valence-corrected chi connectivity index (χ1v) is 8.03. The molecule has 2 aliphatic rings. The van der Waals surface area contributed by atoms with Gasteiger partial charge in [-0.15, -0.1) is 0 Å². The maximum Gasteiger partial charge on any atom is 0.130 e. The molecule has 0 saturated heterocycles. The Kier molecular flexibility index (Phi) is 3.15. The zero-order valence-corrected chi connectivity index (χ0v) is 13.4. The second-order valence-electron chi connectivity index (χ2n) is 6.45. The molecule has 0 aromatic carbocycles. The van der Waals surface area contributed by atoms with E-state index in [-0.39, 0.29) is 0 Å². The van der Waals surface area contributed by atoms with E-state index in [1.54, 1.807) is 0 Å². The van der Waals surface area contributed by atoms with Crippen LogP contribution < -0.4 is 10.6 Å². The van der Waals surface area contributed by atoms with E-state index in [9.17, 15) is 0 Å². The summed E-state index contributed by atoms with van der Waals surface area (Å²) >= 11 is 0. The molecule has 2 aromatic rings. The molecular formula is C18H22N4. The molecule has 3 heterocycles. The van der Waals surface area contributed by atoms with Crippen molar-refractivity contribution in [2.45, 2.75) is 39.3 Å². The monoisotopic (exact) mass is 294 g/mol. The Morgan fingerprint density at radius 2 is 2.14 bits per heavy atom. The number of nitrogens with zero attached hydrogens (tertiary/aromatic N) is 2. The van der Waals surface area contributed by atoms with Crippen molar-refractivity contribution in [3.8, 4) is 0 Å². The summed E-state index contributed by atoms with van der Waals surface area (Å²) in [4.78, 5) is 9.26. The third kappa shape index (κ3) is 1.94. The zero-order chi connectivity index (χ0) is 15.3. The van der Waals surface area contributed by atoms with Crippen molar-refractivity contribution < 1.29 is 0 Å². The lowest BCUT2D eigenvalue weighted by atomic mass is 9.88. The summed E-state index contributed by atoms with van der Waals surface area (Å²) in [6, 6.07) is 4.69. The van der Waals surface area contributed by atoms with Gasteiger partial charge in [-0.3, -0.25) is 4.98 Å². The average molecular weight is 294 g/mol. The van der Waals surface area contributed by atoms with Crippen LogP contribution in [-0.4, -0.2) is 17.0 Å². The van der Waals surface area contributed by atoms with Crippen molar-refractivity contribution in [1.29, 1.82) is 0 Å². The van der Waals surface area contributed by atoms with Gasteiger partial charge >= 0.3 is 0 Å². The van der Waals surface area contributed by atoms with Crippen molar-refractivity contribution in [3.05, 3.63) is 52.0 Å². The molecule has 4 rings (SSSR count). The normalized spacial score (nSPS) is 22.5. The molecule has 0 fully saturated rings. The summed E-state index contributed by atoms with van der Waals surface area (Å²) in [5.41, 5.74) is 7.98. The topological polar surface area (TPSA) is 49.8 Å². The van der Waals surface area contributed by atoms with Gasteiger partial charge in [-0.25, -0.2) is 4.98 Å². The van der Waals surface area contributed by atoms with Gasteiger partial charge in [-0.05, 0) is 55.4 Å². The van der Waals surface area contributed by atoms with Gasteiger partial charge in [-0.2, -0.15) is 0 Å². The summed E-state index contributed by atoms with van der Waals surface area (Å²) in [6.07, 6.45) is 4.11. The third-order valence-electron chi connectivity index (χ3n) is 5.28. The fraction of sp³-hybridized carbons (Fsp3) is 0.444. The van der Waals surface area contributed by atoms with E-state index in [1.165, 1.54) is 27.9 Å². The minimum atomic E-state index is 0.415. The van der Waals surface area contributed by atoms with E-state index < -0.39 is 0 Å². The van der Waals surface area contributed by atoms with E-state index in [1.807, 2.05) is 13.2 Å². The molecule has 0 spiro atoms. The minimum absolute atomic E-state index is 0.415. The summed E-state index contributed by atoms with van der Waals surface area (Å²) in [6.45, 7) is 5.22. The number of aryl methyl sites for hydroxylation is 1. The highest BCUT2D eigenvalue weighted by atomic mass is 15.0. The average Bonchev–Trinajstić information content (AvgIpc) is 3.14. The summed E-state index contributed by atoms with van der Waals surface area (Å²) < 4.78 is 0. The van der Waals surface area contributed by atoms with Gasteiger partial charge in [0.1, 0.15) is 5.82 Å². The first-order valence-electron chi connectivity index (χ1n) is 8.03. The van der Waals surface area contributed by atoms with Gasteiger partial charge in [0.15, 0.2) is 0 Å². The summed E-state index contributed by atoms with van der Waals surface area (Å²) in [7, 11) is 1.96. The molecule has 2 N–H and O–H groups in total. The van der Waals surface area contributed by atoms with Crippen LogP contribution in [0.2, 0.25) is 0 Å². The molecule has 1 aliphatic heterocycles. The second kappa shape index (κ2) is 5.06. The molecule has 0 radical (unpaired) electrons. The highest BCUT2D eigenvalue weighted by Gasteiger charge is 2.36. The Labute approximate surface area is 131 Å². The lowest BCUT2D eigenvalue weighted by Crippen LogP contribution is -2.23. The summed E-state index contributed by atoms with van der Waals surface area (Å²) in [5.74, 6) is 1.62. The number of rotatable bonds is 2. The predicted molar refractivity (Wildman–Crippen MR) is 88.0 cm³/mol. The molecule has 0 bridgehead atoms. The van der Waals surface area contributed by atoms with E-state index in [0.29, 0.717) is 12.0 Å². The Morgan fingerprint density at radius 3 is 2.91 bits per heavy atom. The number of hydrogen-bond acceptors (Lipinski definition) is 4. The number of nitrogens with one attached hydrogen (secondary N) is 2. The van der Waals surface area contributed by atoms with Gasteiger partial charge in [-0.1, -0.05) is 6.07 Å². The Bertz CT molecular complexity index is 713. The number of aromatic nitrogens is 2. The lowest BCUT2D eigenvalue weighted by Gasteiger charge is -2.22. The van der Waals surface area contributed by atoms with Gasteiger partial charge in [0.05, 0.1) is 0 Å². The largest absolute Gasteiger partial charge is 0.373 e. The molecule has 2 aromatic heterocycles. The van der Waals surface area contributed by atoms with Crippen LogP contribution in [0.3, 0.4) is 0 Å². The Hall–Kier alpha value is -1.94. The maximum absolute atomic E-state index is 4.70. The molecule has 2 atom stereocenters. The second-order valence-corrected chi connectivity index (χ2v) is 6.45. The van der Waals surface area contributed by atoms with E-state index in [2.05, 4.69) is 41.6 Å². The third-order valence-corrected chi connectivity index (χ3v) is 5.28. The van der Waals surface area contributed by atoms with Gasteiger partial charge in [0, 0.05) is 42.8 Å². The Balaban J connectivity index is 1.73. The molecule has 4 heteroatoms. The van der Waals surface area contributed by atoms with Crippen LogP contribution in [0.25, 0.3) is 0 Å². The molecule has 114 valence electrons. The number of fused-ring (bicyclic) bond motifs is 2. The lowest BCUT2D eigenvalue weighted by molar-refractivity contribution is 0.394. The van der Waals surface area contributed by atoms with Crippen molar-refractivity contribution in [2.75, 3.05) is 12.4 Å². The van der Waals surface area contributed by atoms with Gasteiger partial charge in [0.2, 0.25) is 0 Å². The van der Waals surface area contributed by atoms with E-state index in [0.717, 1.165) is 30.9 Å². The van der Waals surface area contributed by atoms with Crippen molar-refractivity contribution in [3.63, 3.8) is 0 Å². The first-order chi connectivity index (χ1) is 10.7. The predicted octanol–water partition coefficient (Wildman–Crippen LogP) is 2.69. The van der Waals surface area contributed by atoms with E-state index in [4.69, 9.17) is 4.98 Å². The highest BCUT2D eigenvalue weighted by Crippen LogP contribution is 2.42. The van der Waals surface area contributed by atoms with Crippen LogP contribution in [0.1, 0.15) is 39.7 Å². The van der Waals surface area contributed by atoms with Crippen LogP contribution in [0.15, 0.2) is 18.3 Å². The summed E-state index contributed by atoms with van der Waals surface area (Å²) in [5, 5.41) is 6.99. The smallest absolute Gasteiger partial charge is 0.130 e. The van der Waals surface area contributed by atoms with Crippen LogP contribution in [0, 0.1) is 19.8 Å². The minimum Gasteiger partial charge on any atom is -0.373 e. The maximum atomic E-state index is 4.70. The quantitative estimate of drug-likeness (QED) is 0.894. The van der Waals surface area contributed by atoms with Crippen molar-refractivity contribution >= 4 is 5.82 Å². The van der Waals surface area contributed by atoms with Crippen molar-refractivity contribution in [2.24, 2.45) is 5.92 Å². The van der Waals surface area contributed by atoms with Gasteiger partial charge in [0.25, 0.3) is 0 Å². The van der Waals surface area contributed by atoms with Crippen LogP contribution >= 0.6 is 0 Å². The van der Waals surface area contributed by atoms with Crippen LogP contribution in [0.5, 0.6) is 0 Å². The van der Waals surface area contributed by atoms with Gasteiger partial charge < -0.3 is 10.6 Å². The van der Waals surface area contributed by atoms with Crippen LogP contribution in [-0.2, 0) is 19.4 Å². The van der Waals surface area contributed by atoms with Crippen molar-refractivity contribution in [1.82, 2.24) is 15.3 Å². The van der Waals surface area contributed by atoms with Crippen LogP contribution in [0.4, 0.5) is 5.82 Å².